The van der Waals surface area contributed by atoms with Crippen LogP contribution < -0.4 is 0 Å². The van der Waals surface area contributed by atoms with E-state index in [9.17, 15) is 9.18 Å². The maximum atomic E-state index is 13.3. The fourth-order valence-electron chi connectivity index (χ4n) is 2.69. The summed E-state index contributed by atoms with van der Waals surface area (Å²) in [5, 5.41) is 1.21. The highest BCUT2D eigenvalue weighted by Gasteiger charge is 2.26. The zero-order valence-electron chi connectivity index (χ0n) is 11.2. The van der Waals surface area contributed by atoms with Gasteiger partial charge in [0.1, 0.15) is 10.7 Å². The number of thiophene rings is 1. The lowest BCUT2D eigenvalue weighted by Gasteiger charge is -2.30. The van der Waals surface area contributed by atoms with Crippen molar-refractivity contribution in [3.05, 3.63) is 33.9 Å². The standard InChI is InChI=1S/C15H15ClFNOS/c1-9-3-2-6-18(8-9)15(19)14-13(16)11-5-4-10(17)7-12(11)20-14/h4-5,7,9H,2-3,6,8H2,1H3/t9-/m0/s1. The van der Waals surface area contributed by atoms with E-state index in [4.69, 9.17) is 11.6 Å². The second-order valence-corrected chi connectivity index (χ2v) is 6.81. The fraction of sp³-hybridized carbons (Fsp3) is 0.400. The predicted molar refractivity (Wildman–Crippen MR) is 81.1 cm³/mol. The summed E-state index contributed by atoms with van der Waals surface area (Å²) >= 11 is 7.58. The number of amides is 1. The lowest BCUT2D eigenvalue weighted by molar-refractivity contribution is 0.0688. The summed E-state index contributed by atoms with van der Waals surface area (Å²) < 4.78 is 14.0. The van der Waals surface area contributed by atoms with Crippen LogP contribution in [0.25, 0.3) is 10.1 Å². The molecule has 1 saturated heterocycles. The molecule has 0 saturated carbocycles. The molecule has 0 bridgehead atoms. The van der Waals surface area contributed by atoms with Gasteiger partial charge in [-0.2, -0.15) is 0 Å². The van der Waals surface area contributed by atoms with Crippen molar-refractivity contribution in [3.63, 3.8) is 0 Å². The van der Waals surface area contributed by atoms with Crippen molar-refractivity contribution >= 4 is 38.9 Å². The molecule has 1 aliphatic rings. The zero-order valence-corrected chi connectivity index (χ0v) is 12.7. The van der Waals surface area contributed by atoms with E-state index in [0.717, 1.165) is 36.0 Å². The van der Waals surface area contributed by atoms with Crippen molar-refractivity contribution in [1.82, 2.24) is 4.90 Å². The van der Waals surface area contributed by atoms with E-state index >= 15 is 0 Å². The van der Waals surface area contributed by atoms with Gasteiger partial charge in [0, 0.05) is 23.2 Å². The van der Waals surface area contributed by atoms with Crippen molar-refractivity contribution in [2.24, 2.45) is 5.92 Å². The molecule has 0 N–H and O–H groups in total. The van der Waals surface area contributed by atoms with Crippen LogP contribution in [0.15, 0.2) is 18.2 Å². The smallest absolute Gasteiger partial charge is 0.265 e. The van der Waals surface area contributed by atoms with E-state index in [-0.39, 0.29) is 11.7 Å². The highest BCUT2D eigenvalue weighted by Crippen LogP contribution is 2.36. The first kappa shape index (κ1) is 13.8. The molecular weight excluding hydrogens is 297 g/mol. The van der Waals surface area contributed by atoms with Gasteiger partial charge in [0.05, 0.1) is 5.02 Å². The first-order chi connectivity index (χ1) is 9.56. The molecule has 5 heteroatoms. The summed E-state index contributed by atoms with van der Waals surface area (Å²) in [5.74, 6) is 0.197. The van der Waals surface area contributed by atoms with Gasteiger partial charge >= 0.3 is 0 Å². The Morgan fingerprint density at radius 2 is 2.30 bits per heavy atom. The van der Waals surface area contributed by atoms with Crippen LogP contribution in [0, 0.1) is 11.7 Å². The number of halogens is 2. The maximum absolute atomic E-state index is 13.3. The van der Waals surface area contributed by atoms with Gasteiger partial charge in [-0.1, -0.05) is 18.5 Å². The van der Waals surface area contributed by atoms with Gasteiger partial charge in [-0.15, -0.1) is 11.3 Å². The monoisotopic (exact) mass is 311 g/mol. The molecule has 1 aromatic carbocycles. The molecule has 0 aliphatic carbocycles. The Kier molecular flexibility index (Phi) is 3.69. The van der Waals surface area contributed by atoms with Crippen molar-refractivity contribution in [2.75, 3.05) is 13.1 Å². The van der Waals surface area contributed by atoms with Gasteiger partial charge in [0.25, 0.3) is 5.91 Å². The van der Waals surface area contributed by atoms with Crippen LogP contribution in [0.5, 0.6) is 0 Å². The number of hydrogen-bond acceptors (Lipinski definition) is 2. The Bertz CT molecular complexity index is 669. The van der Waals surface area contributed by atoms with E-state index < -0.39 is 0 Å². The molecule has 1 atom stereocenters. The van der Waals surface area contributed by atoms with Gasteiger partial charge in [-0.25, -0.2) is 4.39 Å². The summed E-state index contributed by atoms with van der Waals surface area (Å²) in [7, 11) is 0. The highest BCUT2D eigenvalue weighted by atomic mass is 35.5. The molecule has 0 spiro atoms. The topological polar surface area (TPSA) is 20.3 Å². The van der Waals surface area contributed by atoms with Crippen LogP contribution >= 0.6 is 22.9 Å². The third-order valence-corrected chi connectivity index (χ3v) is 5.38. The zero-order chi connectivity index (χ0) is 14.3. The van der Waals surface area contributed by atoms with Crippen molar-refractivity contribution in [3.8, 4) is 0 Å². The van der Waals surface area contributed by atoms with E-state index in [1.165, 1.54) is 23.5 Å². The predicted octanol–water partition coefficient (Wildman–Crippen LogP) is 4.57. The minimum absolute atomic E-state index is 0.0249. The van der Waals surface area contributed by atoms with E-state index in [1.54, 1.807) is 6.07 Å². The first-order valence-corrected chi connectivity index (χ1v) is 7.92. The van der Waals surface area contributed by atoms with Gasteiger partial charge < -0.3 is 4.90 Å². The number of fused-ring (bicyclic) bond motifs is 1. The molecule has 106 valence electrons. The molecule has 1 aliphatic heterocycles. The number of nitrogens with zero attached hydrogens (tertiary/aromatic N) is 1. The Balaban J connectivity index is 1.97. The van der Waals surface area contributed by atoms with Gasteiger partial charge in [-0.05, 0) is 37.0 Å². The lowest BCUT2D eigenvalue weighted by atomic mass is 10.0. The SMILES string of the molecule is C[C@H]1CCCN(C(=O)c2sc3cc(F)ccc3c2Cl)C1. The molecule has 3 rings (SSSR count). The van der Waals surface area contributed by atoms with Crippen LogP contribution in [-0.2, 0) is 0 Å². The van der Waals surface area contributed by atoms with Crippen LogP contribution in [0.3, 0.4) is 0 Å². The van der Waals surface area contributed by atoms with Crippen molar-refractivity contribution in [2.45, 2.75) is 19.8 Å². The normalized spacial score (nSPS) is 19.6. The van der Waals surface area contributed by atoms with E-state index in [0.29, 0.717) is 15.8 Å². The number of piperidine rings is 1. The number of hydrogen-bond donors (Lipinski definition) is 0. The molecule has 2 nitrogen and oxygen atoms in total. The minimum atomic E-state index is -0.305. The fourth-order valence-corrected chi connectivity index (χ4v) is 4.20. The summed E-state index contributed by atoms with van der Waals surface area (Å²) in [6, 6.07) is 4.44. The average molecular weight is 312 g/mol. The van der Waals surface area contributed by atoms with Crippen molar-refractivity contribution < 1.29 is 9.18 Å². The van der Waals surface area contributed by atoms with Gasteiger partial charge in [0.2, 0.25) is 0 Å². The Morgan fingerprint density at radius 1 is 1.50 bits per heavy atom. The Morgan fingerprint density at radius 3 is 3.05 bits per heavy atom. The Hall–Kier alpha value is -1.13. The Labute approximate surface area is 126 Å². The van der Waals surface area contributed by atoms with E-state index in [1.807, 2.05) is 4.90 Å². The molecule has 1 amide bonds. The molecule has 1 aromatic heterocycles. The number of carbonyl (C=O) groups is 1. The third-order valence-electron chi connectivity index (χ3n) is 3.73. The van der Waals surface area contributed by atoms with Crippen molar-refractivity contribution in [1.29, 1.82) is 0 Å². The average Bonchev–Trinajstić information content (AvgIpc) is 2.74. The minimum Gasteiger partial charge on any atom is -0.338 e. The lowest BCUT2D eigenvalue weighted by Crippen LogP contribution is -2.38. The molecule has 20 heavy (non-hydrogen) atoms. The quantitative estimate of drug-likeness (QED) is 0.755. The summed E-state index contributed by atoms with van der Waals surface area (Å²) in [6.07, 6.45) is 2.19. The molecule has 1 fully saturated rings. The largest absolute Gasteiger partial charge is 0.338 e. The van der Waals surface area contributed by atoms with Crippen LogP contribution in [0.4, 0.5) is 4.39 Å². The summed E-state index contributed by atoms with van der Waals surface area (Å²) in [5.41, 5.74) is 0. The third kappa shape index (κ3) is 2.42. The van der Waals surface area contributed by atoms with Crippen LogP contribution in [0.1, 0.15) is 29.4 Å². The number of carbonyl (C=O) groups excluding carboxylic acids is 1. The van der Waals surface area contributed by atoms with Gasteiger partial charge in [-0.3, -0.25) is 4.79 Å². The molecule has 2 aromatic rings. The summed E-state index contributed by atoms with van der Waals surface area (Å²) in [4.78, 5) is 15.0. The highest BCUT2D eigenvalue weighted by molar-refractivity contribution is 7.21. The molecule has 2 heterocycles. The second-order valence-electron chi connectivity index (χ2n) is 5.38. The molecule has 0 unspecified atom stereocenters. The van der Waals surface area contributed by atoms with Gasteiger partial charge in [0.15, 0.2) is 0 Å². The number of likely N-dealkylation sites (tertiary alicyclic amines) is 1. The molecular formula is C15H15ClFNOS. The molecule has 0 radical (unpaired) electrons. The van der Waals surface area contributed by atoms with Crippen LogP contribution in [0.2, 0.25) is 5.02 Å². The van der Waals surface area contributed by atoms with E-state index in [2.05, 4.69) is 6.92 Å². The number of rotatable bonds is 1. The first-order valence-electron chi connectivity index (χ1n) is 6.73. The second kappa shape index (κ2) is 5.34. The summed E-state index contributed by atoms with van der Waals surface area (Å²) in [6.45, 7) is 3.71. The maximum Gasteiger partial charge on any atom is 0.265 e. The number of benzene rings is 1. The van der Waals surface area contributed by atoms with Crippen LogP contribution in [-0.4, -0.2) is 23.9 Å².